The van der Waals surface area contributed by atoms with E-state index >= 15 is 0 Å². The highest BCUT2D eigenvalue weighted by Crippen LogP contribution is 2.50. The molecule has 11 heteroatoms. The molecular formula is C36H45N5O6. The molecule has 1 aromatic heterocycles. The molecular weight excluding hydrogens is 598 g/mol. The van der Waals surface area contributed by atoms with Gasteiger partial charge in [-0.15, -0.1) is 0 Å². The molecule has 2 heterocycles. The maximum Gasteiger partial charge on any atom is 0.220 e. The van der Waals surface area contributed by atoms with Gasteiger partial charge in [-0.3, -0.25) is 24.3 Å². The molecule has 0 unspecified atom stereocenters. The van der Waals surface area contributed by atoms with Crippen LogP contribution in [0.15, 0.2) is 53.6 Å². The monoisotopic (exact) mass is 643 g/mol. The molecule has 11 nitrogen and oxygen atoms in total. The number of carbonyl (C=O) groups is 2. The second-order valence-electron chi connectivity index (χ2n) is 12.1. The Morgan fingerprint density at radius 2 is 1.77 bits per heavy atom. The summed E-state index contributed by atoms with van der Waals surface area (Å²) in [5.74, 6) is 1.35. The Bertz CT molecular complexity index is 1620. The molecule has 47 heavy (non-hydrogen) atoms. The van der Waals surface area contributed by atoms with Gasteiger partial charge in [-0.25, -0.2) is 0 Å². The number of anilines is 1. The number of methoxy groups -OCH3 is 3. The fourth-order valence-electron chi connectivity index (χ4n) is 6.61. The third-order valence-electron chi connectivity index (χ3n) is 8.89. The zero-order valence-electron chi connectivity index (χ0n) is 27.7. The lowest BCUT2D eigenvalue weighted by Gasteiger charge is -2.32. The second-order valence-corrected chi connectivity index (χ2v) is 12.1. The van der Waals surface area contributed by atoms with Gasteiger partial charge < -0.3 is 30.2 Å². The number of rotatable bonds is 12. The molecule has 2 aliphatic rings. The number of nitrogens with one attached hydrogen (secondary N) is 3. The van der Waals surface area contributed by atoms with E-state index in [4.69, 9.17) is 14.2 Å². The van der Waals surface area contributed by atoms with Gasteiger partial charge >= 0.3 is 0 Å². The highest BCUT2D eigenvalue weighted by molar-refractivity contribution is 5.84. The summed E-state index contributed by atoms with van der Waals surface area (Å²) in [4.78, 5) is 45.0. The highest BCUT2D eigenvalue weighted by atomic mass is 16.5. The maximum absolute atomic E-state index is 13.5. The number of nitrogens with zero attached hydrogens (tertiary/aromatic N) is 2. The molecule has 0 radical (unpaired) electrons. The van der Waals surface area contributed by atoms with Crippen LogP contribution in [0.5, 0.6) is 17.2 Å². The van der Waals surface area contributed by atoms with E-state index < -0.39 is 0 Å². The highest BCUT2D eigenvalue weighted by Gasteiger charge is 2.29. The van der Waals surface area contributed by atoms with E-state index in [9.17, 15) is 14.4 Å². The van der Waals surface area contributed by atoms with Crippen LogP contribution in [0.2, 0.25) is 0 Å². The lowest BCUT2D eigenvalue weighted by molar-refractivity contribution is -0.122. The number of likely N-dealkylation sites (tertiary alicyclic amines) is 1. The van der Waals surface area contributed by atoms with Gasteiger partial charge in [0.2, 0.25) is 23.0 Å². The number of amides is 2. The van der Waals surface area contributed by atoms with Gasteiger partial charge in [0.25, 0.3) is 0 Å². The predicted molar refractivity (Wildman–Crippen MR) is 181 cm³/mol. The average molecular weight is 644 g/mol. The van der Waals surface area contributed by atoms with Crippen molar-refractivity contribution in [2.45, 2.75) is 64.1 Å². The van der Waals surface area contributed by atoms with Crippen molar-refractivity contribution in [3.05, 3.63) is 75.7 Å². The topological polar surface area (TPSA) is 131 Å². The number of carbonyl (C=O) groups excluding carboxylic acids is 2. The normalized spacial score (nSPS) is 16.2. The molecule has 1 fully saturated rings. The van der Waals surface area contributed by atoms with Crippen LogP contribution in [0.25, 0.3) is 11.1 Å². The summed E-state index contributed by atoms with van der Waals surface area (Å²) in [5.41, 5.74) is 4.65. The Labute approximate surface area is 276 Å². The molecule has 0 bridgehead atoms. The van der Waals surface area contributed by atoms with Crippen LogP contribution in [0, 0.1) is 0 Å². The van der Waals surface area contributed by atoms with Gasteiger partial charge in [0, 0.05) is 63.5 Å². The summed E-state index contributed by atoms with van der Waals surface area (Å²) in [7, 11) is 4.71. The summed E-state index contributed by atoms with van der Waals surface area (Å²) < 4.78 is 17.1. The van der Waals surface area contributed by atoms with Crippen molar-refractivity contribution in [1.82, 2.24) is 20.5 Å². The fraction of sp³-hybridized carbons (Fsp3) is 0.444. The predicted octanol–water partition coefficient (Wildman–Crippen LogP) is 4.23. The number of benzene rings is 1. The summed E-state index contributed by atoms with van der Waals surface area (Å²) in [5, 5.41) is 9.46. The van der Waals surface area contributed by atoms with Gasteiger partial charge in [-0.1, -0.05) is 12.1 Å². The van der Waals surface area contributed by atoms with Crippen LogP contribution in [0.4, 0.5) is 5.69 Å². The lowest BCUT2D eigenvalue weighted by atomic mass is 9.95. The molecule has 2 amide bonds. The molecule has 2 aromatic carbocycles. The van der Waals surface area contributed by atoms with Crippen molar-refractivity contribution >= 4 is 17.5 Å². The standard InChI is InChI=1S/C36H45N5O6/c1-23(42)39-29-11-9-25-19-32(45-2)35(46-3)36(47-4)34(25)27-10-12-30(31(43)20-28(27)29)38-16-6-8-33(44)40-26-13-17-41(18-14-26)22-24-7-5-15-37-21-24/h5,7,10,12,15,19-21,26,29H,6,8-9,11,13-14,16-18,22H2,1-4H3,(H,38,43)(H,39,42)(H,40,44)/t29-/m0/s1. The fourth-order valence-corrected chi connectivity index (χ4v) is 6.61. The van der Waals surface area contributed by atoms with E-state index in [1.165, 1.54) is 12.5 Å². The molecule has 3 aromatic rings. The zero-order chi connectivity index (χ0) is 33.3. The summed E-state index contributed by atoms with van der Waals surface area (Å²) in [6.45, 7) is 4.67. The van der Waals surface area contributed by atoms with Gasteiger partial charge in [-0.2, -0.15) is 0 Å². The van der Waals surface area contributed by atoms with E-state index in [-0.39, 0.29) is 29.3 Å². The number of fused-ring (bicyclic) bond motifs is 3. The minimum atomic E-state index is -0.379. The maximum atomic E-state index is 13.5. The van der Waals surface area contributed by atoms with Crippen molar-refractivity contribution in [2.24, 2.45) is 0 Å². The Hall–Kier alpha value is -4.64. The van der Waals surface area contributed by atoms with Gasteiger partial charge in [0.1, 0.15) is 0 Å². The molecule has 1 saturated heterocycles. The van der Waals surface area contributed by atoms with Crippen LogP contribution >= 0.6 is 0 Å². The molecule has 1 aliphatic carbocycles. The minimum Gasteiger partial charge on any atom is -0.493 e. The number of aromatic nitrogens is 1. The summed E-state index contributed by atoms with van der Waals surface area (Å²) in [6, 6.07) is 11.0. The Balaban J connectivity index is 1.25. The zero-order valence-corrected chi connectivity index (χ0v) is 27.7. The van der Waals surface area contributed by atoms with E-state index in [0.29, 0.717) is 60.7 Å². The first kappa shape index (κ1) is 33.7. The SMILES string of the molecule is COc1cc2c(c(OC)c1OC)-c1ccc(NCCCC(=O)NC3CCN(Cc4cccnc4)CC3)c(=O)cc1[C@@H](NC(C)=O)CC2. The van der Waals surface area contributed by atoms with E-state index in [1.54, 1.807) is 39.7 Å². The van der Waals surface area contributed by atoms with Crippen LogP contribution in [0.3, 0.4) is 0 Å². The van der Waals surface area contributed by atoms with Crippen molar-refractivity contribution in [3.8, 4) is 28.4 Å². The second kappa shape index (κ2) is 15.8. The van der Waals surface area contributed by atoms with Crippen LogP contribution < -0.4 is 35.6 Å². The number of aryl methyl sites for hydroxylation is 1. The lowest BCUT2D eigenvalue weighted by Crippen LogP contribution is -2.44. The first-order valence-electron chi connectivity index (χ1n) is 16.2. The Morgan fingerprint density at radius 3 is 2.45 bits per heavy atom. The Kier molecular flexibility index (Phi) is 11.3. The van der Waals surface area contributed by atoms with Gasteiger partial charge in [0.15, 0.2) is 11.5 Å². The summed E-state index contributed by atoms with van der Waals surface area (Å²) >= 11 is 0. The number of hydrogen-bond donors (Lipinski definition) is 3. The first-order chi connectivity index (χ1) is 22.8. The smallest absolute Gasteiger partial charge is 0.220 e. The van der Waals surface area contributed by atoms with E-state index in [1.807, 2.05) is 24.4 Å². The average Bonchev–Trinajstić information content (AvgIpc) is 3.31. The number of piperidine rings is 1. The quantitative estimate of drug-likeness (QED) is 0.248. The molecule has 0 spiro atoms. The van der Waals surface area contributed by atoms with E-state index in [0.717, 1.165) is 49.2 Å². The molecule has 3 N–H and O–H groups in total. The van der Waals surface area contributed by atoms with Gasteiger partial charge in [0.05, 0.1) is 33.1 Å². The number of pyridine rings is 1. The van der Waals surface area contributed by atoms with Crippen molar-refractivity contribution < 1.29 is 23.8 Å². The molecule has 1 atom stereocenters. The van der Waals surface area contributed by atoms with Crippen molar-refractivity contribution in [1.29, 1.82) is 0 Å². The van der Waals surface area contributed by atoms with Gasteiger partial charge in [-0.05, 0) is 78.6 Å². The largest absolute Gasteiger partial charge is 0.493 e. The minimum absolute atomic E-state index is 0.0245. The molecule has 1 aliphatic heterocycles. The Morgan fingerprint density at radius 1 is 0.979 bits per heavy atom. The number of ether oxygens (including phenoxy) is 3. The summed E-state index contributed by atoms with van der Waals surface area (Å²) in [6.07, 6.45) is 7.67. The first-order valence-corrected chi connectivity index (χ1v) is 16.2. The molecule has 250 valence electrons. The molecule has 5 rings (SSSR count). The van der Waals surface area contributed by atoms with E-state index in [2.05, 4.69) is 31.9 Å². The third kappa shape index (κ3) is 8.21. The third-order valence-corrected chi connectivity index (χ3v) is 8.89. The molecule has 0 saturated carbocycles. The van der Waals surface area contributed by atoms with Crippen LogP contribution in [-0.2, 0) is 22.6 Å². The number of hydrogen-bond acceptors (Lipinski definition) is 9. The van der Waals surface area contributed by atoms with Crippen molar-refractivity contribution in [3.63, 3.8) is 0 Å². The van der Waals surface area contributed by atoms with Crippen molar-refractivity contribution in [2.75, 3.05) is 46.3 Å². The van der Waals surface area contributed by atoms with Crippen LogP contribution in [-0.4, -0.2) is 68.7 Å². The van der Waals surface area contributed by atoms with Crippen LogP contribution in [0.1, 0.15) is 61.8 Å².